The maximum absolute atomic E-state index is 12.9. The summed E-state index contributed by atoms with van der Waals surface area (Å²) < 4.78 is 7.15. The molecule has 1 atom stereocenters. The normalized spacial score (nSPS) is 17.9. The Morgan fingerprint density at radius 1 is 1.30 bits per heavy atom. The molecule has 0 spiro atoms. The van der Waals surface area contributed by atoms with Gasteiger partial charge in [-0.15, -0.1) is 0 Å². The quantitative estimate of drug-likeness (QED) is 0.800. The summed E-state index contributed by atoms with van der Waals surface area (Å²) >= 11 is 1.57. The van der Waals surface area contributed by atoms with Crippen LogP contribution < -0.4 is 15.6 Å². The molecule has 2 aliphatic rings. The van der Waals surface area contributed by atoms with Gasteiger partial charge in [0.05, 0.1) is 18.3 Å². The van der Waals surface area contributed by atoms with E-state index in [2.05, 4.69) is 5.32 Å². The highest BCUT2D eigenvalue weighted by Gasteiger charge is 2.30. The van der Waals surface area contributed by atoms with Crippen LogP contribution in [0.5, 0.6) is 5.75 Å². The molecule has 1 aromatic carbocycles. The first-order chi connectivity index (χ1) is 13.2. The summed E-state index contributed by atoms with van der Waals surface area (Å²) in [7, 11) is 0. The number of nitrogens with zero attached hydrogens (tertiary/aromatic N) is 2. The number of ether oxygens (including phenoxy) is 1. The van der Waals surface area contributed by atoms with Gasteiger partial charge in [-0.25, -0.2) is 4.98 Å². The summed E-state index contributed by atoms with van der Waals surface area (Å²) in [6, 6.07) is 7.18. The molecule has 27 heavy (non-hydrogen) atoms. The van der Waals surface area contributed by atoms with E-state index in [4.69, 9.17) is 9.72 Å². The predicted octanol–water partition coefficient (Wildman–Crippen LogP) is 3.20. The number of fused-ring (bicyclic) bond motifs is 2. The summed E-state index contributed by atoms with van der Waals surface area (Å²) in [4.78, 5) is 30.1. The third-order valence-electron chi connectivity index (χ3n) is 4.99. The van der Waals surface area contributed by atoms with Crippen LogP contribution in [0.25, 0.3) is 0 Å². The second kappa shape index (κ2) is 7.76. The van der Waals surface area contributed by atoms with Crippen molar-refractivity contribution in [3.63, 3.8) is 0 Å². The Kier molecular flexibility index (Phi) is 5.20. The molecule has 1 N–H and O–H groups in total. The molecular weight excluding hydrogens is 362 g/mol. The van der Waals surface area contributed by atoms with Crippen LogP contribution in [0.4, 0.5) is 5.69 Å². The zero-order valence-electron chi connectivity index (χ0n) is 15.4. The van der Waals surface area contributed by atoms with Crippen LogP contribution in [0.1, 0.15) is 43.5 Å². The lowest BCUT2D eigenvalue weighted by atomic mass is 9.97. The molecular formula is C20H23N3O3S. The highest BCUT2D eigenvalue weighted by molar-refractivity contribution is 7.99. The lowest BCUT2D eigenvalue weighted by Gasteiger charge is -2.18. The number of rotatable bonds is 5. The number of aryl methyl sites for hydroxylation is 1. The number of carbonyl (C=O) groups is 1. The van der Waals surface area contributed by atoms with Gasteiger partial charge in [0.2, 0.25) is 5.91 Å². The molecule has 7 heteroatoms. The third kappa shape index (κ3) is 3.74. The molecule has 1 aliphatic carbocycles. The maximum Gasteiger partial charge on any atom is 0.257 e. The number of aromatic nitrogens is 2. The predicted molar refractivity (Wildman–Crippen MR) is 106 cm³/mol. The molecule has 1 unspecified atom stereocenters. The van der Waals surface area contributed by atoms with E-state index >= 15 is 0 Å². The number of thioether (sulfide) groups is 1. The van der Waals surface area contributed by atoms with Crippen molar-refractivity contribution in [1.29, 1.82) is 0 Å². The van der Waals surface area contributed by atoms with Gasteiger partial charge in [-0.05, 0) is 56.9 Å². The molecule has 0 radical (unpaired) electrons. The number of carbonyl (C=O) groups excluding carboxylic acids is 1. The zero-order chi connectivity index (χ0) is 18.8. The van der Waals surface area contributed by atoms with Crippen molar-refractivity contribution in [3.8, 4) is 5.75 Å². The summed E-state index contributed by atoms with van der Waals surface area (Å²) in [5.41, 5.74) is 2.60. The largest absolute Gasteiger partial charge is 0.494 e. The van der Waals surface area contributed by atoms with Crippen LogP contribution >= 0.6 is 11.8 Å². The first-order valence-electron chi connectivity index (χ1n) is 9.45. The Balaban J connectivity index is 1.47. The average molecular weight is 385 g/mol. The number of hydrogen-bond donors (Lipinski definition) is 1. The topological polar surface area (TPSA) is 73.2 Å². The number of nitrogens with one attached hydrogen (secondary N) is 1. The molecule has 1 aromatic heterocycles. The average Bonchev–Trinajstić information content (AvgIpc) is 3.06. The standard InChI is InChI=1S/C20H23N3O3S/c1-2-26-15-9-7-13(8-10-15)21-18(24)11-14-12-27-20-22-17-6-4-3-5-16(17)19(25)23(14)20/h7-10,14H,2-6,11-12H2,1H3,(H,21,24). The second-order valence-electron chi connectivity index (χ2n) is 6.88. The van der Waals surface area contributed by atoms with Gasteiger partial charge in [0.25, 0.3) is 5.56 Å². The fourth-order valence-electron chi connectivity index (χ4n) is 3.69. The molecule has 0 bridgehead atoms. The molecule has 0 saturated heterocycles. The molecule has 2 heterocycles. The minimum absolute atomic E-state index is 0.0542. The van der Waals surface area contributed by atoms with E-state index in [0.717, 1.165) is 53.5 Å². The number of amides is 1. The Morgan fingerprint density at radius 2 is 2.07 bits per heavy atom. The number of anilines is 1. The summed E-state index contributed by atoms with van der Waals surface area (Å²) in [6.45, 7) is 2.54. The van der Waals surface area contributed by atoms with Gasteiger partial charge in [0, 0.05) is 23.4 Å². The first-order valence-corrected chi connectivity index (χ1v) is 10.4. The molecule has 2 aromatic rings. The Morgan fingerprint density at radius 3 is 2.85 bits per heavy atom. The number of hydrogen-bond acceptors (Lipinski definition) is 5. The van der Waals surface area contributed by atoms with Gasteiger partial charge >= 0.3 is 0 Å². The molecule has 6 nitrogen and oxygen atoms in total. The first kappa shape index (κ1) is 18.1. The van der Waals surface area contributed by atoms with Crippen LogP contribution in [0.3, 0.4) is 0 Å². The van der Waals surface area contributed by atoms with Crippen molar-refractivity contribution in [2.75, 3.05) is 17.7 Å². The van der Waals surface area contributed by atoms with Crippen LogP contribution in [-0.2, 0) is 17.6 Å². The van der Waals surface area contributed by atoms with Crippen LogP contribution in [0.15, 0.2) is 34.2 Å². The lowest BCUT2D eigenvalue weighted by Crippen LogP contribution is -2.32. The number of benzene rings is 1. The van der Waals surface area contributed by atoms with Crippen molar-refractivity contribution in [2.45, 2.75) is 50.2 Å². The van der Waals surface area contributed by atoms with Gasteiger partial charge in [-0.2, -0.15) is 0 Å². The lowest BCUT2D eigenvalue weighted by molar-refractivity contribution is -0.116. The van der Waals surface area contributed by atoms with Crippen molar-refractivity contribution in [3.05, 3.63) is 45.9 Å². The van der Waals surface area contributed by atoms with E-state index in [0.29, 0.717) is 12.4 Å². The Bertz CT molecular complexity index is 908. The monoisotopic (exact) mass is 385 g/mol. The fourth-order valence-corrected chi connectivity index (χ4v) is 4.85. The third-order valence-corrected chi connectivity index (χ3v) is 6.09. The molecule has 1 aliphatic heterocycles. The van der Waals surface area contributed by atoms with Crippen molar-refractivity contribution >= 4 is 23.4 Å². The van der Waals surface area contributed by atoms with Crippen LogP contribution in [-0.4, -0.2) is 27.8 Å². The zero-order valence-corrected chi connectivity index (χ0v) is 16.2. The Hall–Kier alpha value is -2.28. The van der Waals surface area contributed by atoms with E-state index < -0.39 is 0 Å². The maximum atomic E-state index is 12.9. The minimum Gasteiger partial charge on any atom is -0.494 e. The summed E-state index contributed by atoms with van der Waals surface area (Å²) in [5, 5.41) is 3.67. The van der Waals surface area contributed by atoms with Crippen LogP contribution in [0.2, 0.25) is 0 Å². The van der Waals surface area contributed by atoms with E-state index in [1.807, 2.05) is 31.2 Å². The van der Waals surface area contributed by atoms with Gasteiger partial charge in [0.15, 0.2) is 5.16 Å². The smallest absolute Gasteiger partial charge is 0.257 e. The molecule has 0 fully saturated rings. The fraction of sp³-hybridized carbons (Fsp3) is 0.450. The van der Waals surface area contributed by atoms with E-state index in [9.17, 15) is 9.59 Å². The molecule has 142 valence electrons. The highest BCUT2D eigenvalue weighted by atomic mass is 32.2. The van der Waals surface area contributed by atoms with Crippen molar-refractivity contribution in [2.24, 2.45) is 0 Å². The van der Waals surface area contributed by atoms with Gasteiger partial charge in [0.1, 0.15) is 5.75 Å². The van der Waals surface area contributed by atoms with Gasteiger partial charge in [-0.1, -0.05) is 11.8 Å². The van der Waals surface area contributed by atoms with Crippen molar-refractivity contribution in [1.82, 2.24) is 9.55 Å². The molecule has 1 amide bonds. The highest BCUT2D eigenvalue weighted by Crippen LogP contribution is 2.34. The molecule has 0 saturated carbocycles. The van der Waals surface area contributed by atoms with E-state index in [1.165, 1.54) is 0 Å². The minimum atomic E-state index is -0.139. The van der Waals surface area contributed by atoms with E-state index in [1.54, 1.807) is 16.3 Å². The summed E-state index contributed by atoms with van der Waals surface area (Å²) in [5.74, 6) is 1.39. The second-order valence-corrected chi connectivity index (χ2v) is 7.86. The SMILES string of the molecule is CCOc1ccc(NC(=O)CC2CSc3nc4c(c(=O)n32)CCCC4)cc1. The van der Waals surface area contributed by atoms with Gasteiger partial charge < -0.3 is 10.1 Å². The van der Waals surface area contributed by atoms with Crippen LogP contribution in [0, 0.1) is 0 Å². The van der Waals surface area contributed by atoms with Gasteiger partial charge in [-0.3, -0.25) is 14.2 Å². The Labute approximate surface area is 162 Å². The summed E-state index contributed by atoms with van der Waals surface area (Å²) in [6.07, 6.45) is 4.10. The molecule has 4 rings (SSSR count). The van der Waals surface area contributed by atoms with Crippen molar-refractivity contribution < 1.29 is 9.53 Å². The van der Waals surface area contributed by atoms with E-state index in [-0.39, 0.29) is 23.9 Å².